The van der Waals surface area contributed by atoms with E-state index >= 15 is 0 Å². The van der Waals surface area contributed by atoms with E-state index in [1.165, 1.54) is 36.4 Å². The molecule has 0 spiro atoms. The van der Waals surface area contributed by atoms with Crippen molar-refractivity contribution < 1.29 is 28.2 Å². The molecule has 0 heterocycles. The zero-order chi connectivity index (χ0) is 18.2. The lowest BCUT2D eigenvalue weighted by molar-refractivity contribution is -0.146. The van der Waals surface area contributed by atoms with Gasteiger partial charge in [0.2, 0.25) is 0 Å². The fraction of sp³-hybridized carbons (Fsp3) is 0.176. The number of aromatic hydroxyl groups is 1. The van der Waals surface area contributed by atoms with Crippen LogP contribution in [0.1, 0.15) is 5.56 Å². The van der Waals surface area contributed by atoms with Crippen LogP contribution >= 0.6 is 11.8 Å². The number of hydrogen-bond donors (Lipinski definition) is 2. The monoisotopic (exact) mass is 367 g/mol. The molecule has 0 saturated heterocycles. The van der Waals surface area contributed by atoms with Gasteiger partial charge in [0.05, 0.1) is 6.42 Å². The van der Waals surface area contributed by atoms with Crippen molar-refractivity contribution in [3.8, 4) is 5.75 Å². The van der Waals surface area contributed by atoms with Gasteiger partial charge in [-0.2, -0.15) is 8.78 Å². The van der Waals surface area contributed by atoms with Gasteiger partial charge in [0.25, 0.3) is 11.7 Å². The van der Waals surface area contributed by atoms with Gasteiger partial charge in [-0.25, -0.2) is 0 Å². The minimum absolute atomic E-state index is 0.0207. The highest BCUT2D eigenvalue weighted by Crippen LogP contribution is 2.26. The van der Waals surface area contributed by atoms with Crippen LogP contribution in [-0.4, -0.2) is 29.3 Å². The maximum atomic E-state index is 12.2. The van der Waals surface area contributed by atoms with E-state index in [2.05, 4.69) is 5.32 Å². The number of anilines is 1. The number of nitrogens with one attached hydrogen (secondary N) is 1. The molecular formula is C17H15F2NO4S. The second-order valence-corrected chi connectivity index (χ2v) is 6.02. The molecule has 0 radical (unpaired) electrons. The number of carbonyl (C=O) groups excluding carboxylic acids is 2. The van der Waals surface area contributed by atoms with Gasteiger partial charge < -0.3 is 15.2 Å². The molecule has 1 amide bonds. The summed E-state index contributed by atoms with van der Waals surface area (Å²) in [4.78, 5) is 23.8. The Hall–Kier alpha value is -2.61. The highest BCUT2D eigenvalue weighted by atomic mass is 32.2. The van der Waals surface area contributed by atoms with E-state index in [-0.39, 0.29) is 12.2 Å². The molecule has 25 heavy (non-hydrogen) atoms. The summed E-state index contributed by atoms with van der Waals surface area (Å²) in [7, 11) is 0. The first kappa shape index (κ1) is 18.7. The predicted molar refractivity (Wildman–Crippen MR) is 89.7 cm³/mol. The summed E-state index contributed by atoms with van der Waals surface area (Å²) < 4.78 is 29.3. The SMILES string of the molecule is O=C(COC(=O)Cc1ccc(O)cc1)Nc1ccc(SC(F)F)cc1. The lowest BCUT2D eigenvalue weighted by Gasteiger charge is -2.07. The van der Waals surface area contributed by atoms with Crippen LogP contribution in [0.4, 0.5) is 14.5 Å². The summed E-state index contributed by atoms with van der Waals surface area (Å²) in [6.07, 6.45) is -0.0207. The third-order valence-corrected chi connectivity index (χ3v) is 3.73. The molecule has 0 aliphatic heterocycles. The van der Waals surface area contributed by atoms with Crippen LogP contribution in [0.3, 0.4) is 0 Å². The second-order valence-electron chi connectivity index (χ2n) is 4.95. The Morgan fingerprint density at radius 2 is 1.72 bits per heavy atom. The number of benzene rings is 2. The Morgan fingerprint density at radius 1 is 1.08 bits per heavy atom. The van der Waals surface area contributed by atoms with Crippen molar-refractivity contribution in [2.45, 2.75) is 17.1 Å². The number of esters is 1. The summed E-state index contributed by atoms with van der Waals surface area (Å²) in [6.45, 7) is -0.454. The van der Waals surface area contributed by atoms with E-state index in [0.717, 1.165) is 0 Å². The van der Waals surface area contributed by atoms with Crippen LogP contribution in [-0.2, 0) is 20.7 Å². The average Bonchev–Trinajstić information content (AvgIpc) is 2.56. The van der Waals surface area contributed by atoms with Crippen LogP contribution < -0.4 is 5.32 Å². The Labute approximate surface area is 147 Å². The molecule has 0 unspecified atom stereocenters. The maximum Gasteiger partial charge on any atom is 0.310 e. The minimum Gasteiger partial charge on any atom is -0.508 e. The number of carbonyl (C=O) groups is 2. The molecule has 0 saturated carbocycles. The summed E-state index contributed by atoms with van der Waals surface area (Å²) in [5, 5.41) is 11.7. The van der Waals surface area contributed by atoms with Crippen LogP contribution in [0.25, 0.3) is 0 Å². The normalized spacial score (nSPS) is 10.5. The van der Waals surface area contributed by atoms with Gasteiger partial charge in [0.15, 0.2) is 6.61 Å². The molecular weight excluding hydrogens is 352 g/mol. The number of halogens is 2. The van der Waals surface area contributed by atoms with E-state index < -0.39 is 24.2 Å². The lowest BCUT2D eigenvalue weighted by atomic mass is 10.1. The van der Waals surface area contributed by atoms with Crippen molar-refractivity contribution in [3.05, 3.63) is 54.1 Å². The minimum atomic E-state index is -2.51. The van der Waals surface area contributed by atoms with Crippen molar-refractivity contribution in [2.24, 2.45) is 0 Å². The molecule has 5 nitrogen and oxygen atoms in total. The third kappa shape index (κ3) is 6.80. The summed E-state index contributed by atoms with van der Waals surface area (Å²) >= 11 is 0.411. The van der Waals surface area contributed by atoms with Gasteiger partial charge >= 0.3 is 5.97 Å². The van der Waals surface area contributed by atoms with Gasteiger partial charge in [-0.05, 0) is 42.0 Å². The molecule has 132 valence electrons. The second kappa shape index (κ2) is 9.03. The predicted octanol–water partition coefficient (Wildman–Crippen LogP) is 3.43. The van der Waals surface area contributed by atoms with Gasteiger partial charge in [0, 0.05) is 10.6 Å². The molecule has 2 aromatic carbocycles. The molecule has 0 aliphatic carbocycles. The number of rotatable bonds is 7. The van der Waals surface area contributed by atoms with E-state index in [4.69, 9.17) is 9.84 Å². The van der Waals surface area contributed by atoms with Crippen LogP contribution in [0.5, 0.6) is 5.75 Å². The van der Waals surface area contributed by atoms with Crippen molar-refractivity contribution in [3.63, 3.8) is 0 Å². The largest absolute Gasteiger partial charge is 0.508 e. The summed E-state index contributed by atoms with van der Waals surface area (Å²) in [5.41, 5.74) is 1.06. The highest BCUT2D eigenvalue weighted by Gasteiger charge is 2.10. The fourth-order valence-electron chi connectivity index (χ4n) is 1.89. The Bertz CT molecular complexity index is 720. The molecule has 2 N–H and O–H groups in total. The third-order valence-electron chi connectivity index (χ3n) is 3.01. The van der Waals surface area contributed by atoms with Crippen molar-refractivity contribution in [1.82, 2.24) is 0 Å². The molecule has 2 aromatic rings. The van der Waals surface area contributed by atoms with Crippen LogP contribution in [0, 0.1) is 0 Å². The van der Waals surface area contributed by atoms with Crippen LogP contribution in [0.2, 0.25) is 0 Å². The van der Waals surface area contributed by atoms with E-state index in [1.54, 1.807) is 12.1 Å². The molecule has 0 bridgehead atoms. The zero-order valence-corrected chi connectivity index (χ0v) is 13.8. The smallest absolute Gasteiger partial charge is 0.310 e. The topological polar surface area (TPSA) is 75.6 Å². The number of hydrogen-bond acceptors (Lipinski definition) is 5. The summed E-state index contributed by atoms with van der Waals surface area (Å²) in [6, 6.07) is 12.0. The van der Waals surface area contributed by atoms with Crippen molar-refractivity contribution in [2.75, 3.05) is 11.9 Å². The molecule has 2 rings (SSSR count). The number of phenolic OH excluding ortho intramolecular Hbond substituents is 1. The van der Waals surface area contributed by atoms with Gasteiger partial charge in [-0.1, -0.05) is 23.9 Å². The Balaban J connectivity index is 1.76. The van der Waals surface area contributed by atoms with Gasteiger partial charge in [-0.3, -0.25) is 9.59 Å². The Morgan fingerprint density at radius 3 is 2.32 bits per heavy atom. The van der Waals surface area contributed by atoms with Gasteiger partial charge in [0.1, 0.15) is 5.75 Å². The zero-order valence-electron chi connectivity index (χ0n) is 12.9. The van der Waals surface area contributed by atoms with Crippen molar-refractivity contribution in [1.29, 1.82) is 0 Å². The molecule has 0 fully saturated rings. The fourth-order valence-corrected chi connectivity index (χ4v) is 2.39. The quantitative estimate of drug-likeness (QED) is 0.579. The first-order valence-corrected chi connectivity index (χ1v) is 8.08. The first-order chi connectivity index (χ1) is 11.9. The van der Waals surface area contributed by atoms with Crippen LogP contribution in [0.15, 0.2) is 53.4 Å². The van der Waals surface area contributed by atoms with Crippen molar-refractivity contribution >= 4 is 29.3 Å². The molecule has 8 heteroatoms. The molecule has 0 aliphatic rings. The number of amides is 1. The molecule has 0 aromatic heterocycles. The average molecular weight is 367 g/mol. The Kier molecular flexibility index (Phi) is 6.76. The number of alkyl halides is 2. The number of ether oxygens (including phenoxy) is 1. The maximum absolute atomic E-state index is 12.2. The van der Waals surface area contributed by atoms with Gasteiger partial charge in [-0.15, -0.1) is 0 Å². The van der Waals surface area contributed by atoms with E-state index in [1.807, 2.05) is 0 Å². The van der Waals surface area contributed by atoms with E-state index in [9.17, 15) is 18.4 Å². The number of phenols is 1. The summed E-state index contributed by atoms with van der Waals surface area (Å²) in [5.74, 6) is -3.53. The number of thioether (sulfide) groups is 1. The highest BCUT2D eigenvalue weighted by molar-refractivity contribution is 7.99. The lowest BCUT2D eigenvalue weighted by Crippen LogP contribution is -2.21. The standard InChI is InChI=1S/C17H15F2NO4S/c18-17(19)25-14-7-3-12(4-8-14)20-15(22)10-24-16(23)9-11-1-5-13(21)6-2-11/h1-8,17,21H,9-10H2,(H,20,22). The van der Waals surface area contributed by atoms with E-state index in [0.29, 0.717) is 27.9 Å². The molecule has 0 atom stereocenters. The first-order valence-electron chi connectivity index (χ1n) is 7.20.